The summed E-state index contributed by atoms with van der Waals surface area (Å²) in [5.41, 5.74) is 0.753. The van der Waals surface area contributed by atoms with Crippen molar-refractivity contribution < 1.29 is 9.53 Å². The number of rotatable bonds is 8. The first kappa shape index (κ1) is 15.7. The molecule has 0 aliphatic heterocycles. The molecule has 0 bridgehead atoms. The average molecular weight is 263 g/mol. The number of hydrogen-bond acceptors (Lipinski definition) is 3. The number of likely N-dealkylation sites (N-methyl/N-ethyl adjacent to an activating group) is 1. The summed E-state index contributed by atoms with van der Waals surface area (Å²) < 4.78 is 5.11. The predicted octanol–water partition coefficient (Wildman–Crippen LogP) is 3.39. The summed E-state index contributed by atoms with van der Waals surface area (Å²) >= 11 is 0. The number of benzene rings is 1. The Morgan fingerprint density at radius 2 is 1.89 bits per heavy atom. The van der Waals surface area contributed by atoms with Crippen LogP contribution in [0.4, 0.5) is 0 Å². The monoisotopic (exact) mass is 263 g/mol. The lowest BCUT2D eigenvalue weighted by Crippen LogP contribution is -2.39. The summed E-state index contributed by atoms with van der Waals surface area (Å²) in [6.07, 6.45) is 2.29. The van der Waals surface area contributed by atoms with E-state index in [1.54, 1.807) is 7.11 Å². The number of nitrogens with zero attached hydrogens (tertiary/aromatic N) is 1. The minimum Gasteiger partial charge on any atom is -0.497 e. The van der Waals surface area contributed by atoms with E-state index in [2.05, 4.69) is 18.7 Å². The zero-order valence-electron chi connectivity index (χ0n) is 12.5. The molecule has 3 heteroatoms. The maximum absolute atomic E-state index is 12.4. The largest absolute Gasteiger partial charge is 0.497 e. The first-order valence-corrected chi connectivity index (χ1v) is 7.06. The molecule has 1 rings (SSSR count). The summed E-state index contributed by atoms with van der Waals surface area (Å²) in [7, 11) is 1.63. The van der Waals surface area contributed by atoms with Gasteiger partial charge in [0.1, 0.15) is 5.75 Å². The van der Waals surface area contributed by atoms with Crippen LogP contribution in [-0.2, 0) is 0 Å². The third kappa shape index (κ3) is 4.35. The van der Waals surface area contributed by atoms with E-state index in [-0.39, 0.29) is 11.8 Å². The van der Waals surface area contributed by atoms with E-state index in [0.717, 1.165) is 37.2 Å². The van der Waals surface area contributed by atoms with Gasteiger partial charge in [-0.15, -0.1) is 0 Å². The number of hydrogen-bond donors (Lipinski definition) is 0. The second-order valence-electron chi connectivity index (χ2n) is 4.75. The van der Waals surface area contributed by atoms with Gasteiger partial charge in [-0.05, 0) is 50.7 Å². The molecule has 0 heterocycles. The lowest BCUT2D eigenvalue weighted by atomic mass is 10.0. The molecular formula is C16H25NO2. The second-order valence-corrected chi connectivity index (χ2v) is 4.75. The van der Waals surface area contributed by atoms with Crippen molar-refractivity contribution in [3.8, 4) is 5.75 Å². The lowest BCUT2D eigenvalue weighted by molar-refractivity contribution is 0.0843. The molecular weight excluding hydrogens is 238 g/mol. The van der Waals surface area contributed by atoms with Crippen molar-refractivity contribution in [3.63, 3.8) is 0 Å². The highest BCUT2D eigenvalue weighted by Gasteiger charge is 2.20. The van der Waals surface area contributed by atoms with Crippen molar-refractivity contribution in [2.24, 2.45) is 0 Å². The summed E-state index contributed by atoms with van der Waals surface area (Å²) in [4.78, 5) is 14.7. The van der Waals surface area contributed by atoms with Gasteiger partial charge in [0, 0.05) is 5.56 Å². The van der Waals surface area contributed by atoms with Gasteiger partial charge in [-0.1, -0.05) is 20.3 Å². The fourth-order valence-corrected chi connectivity index (χ4v) is 2.15. The summed E-state index contributed by atoms with van der Waals surface area (Å²) in [6, 6.07) is 7.28. The van der Waals surface area contributed by atoms with Gasteiger partial charge in [0.05, 0.1) is 13.2 Å². The number of methoxy groups -OCH3 is 1. The van der Waals surface area contributed by atoms with Gasteiger partial charge in [-0.3, -0.25) is 9.69 Å². The fourth-order valence-electron chi connectivity index (χ4n) is 2.15. The SMILES string of the molecule is CCCCN(CC)C(C)C(=O)c1ccc(OC)cc1. The van der Waals surface area contributed by atoms with Crippen LogP contribution >= 0.6 is 0 Å². The summed E-state index contributed by atoms with van der Waals surface area (Å²) in [6.45, 7) is 8.15. The van der Waals surface area contributed by atoms with E-state index in [9.17, 15) is 4.79 Å². The Kier molecular flexibility index (Phi) is 6.57. The molecule has 0 aromatic heterocycles. The molecule has 3 nitrogen and oxygen atoms in total. The van der Waals surface area contributed by atoms with E-state index in [4.69, 9.17) is 4.74 Å². The number of carbonyl (C=O) groups is 1. The van der Waals surface area contributed by atoms with Gasteiger partial charge in [0.25, 0.3) is 0 Å². The third-order valence-corrected chi connectivity index (χ3v) is 3.51. The van der Waals surface area contributed by atoms with Crippen molar-refractivity contribution in [1.82, 2.24) is 4.90 Å². The quantitative estimate of drug-likeness (QED) is 0.673. The van der Waals surface area contributed by atoms with Gasteiger partial charge in [0.15, 0.2) is 5.78 Å². The van der Waals surface area contributed by atoms with E-state index < -0.39 is 0 Å². The number of ketones is 1. The van der Waals surface area contributed by atoms with E-state index >= 15 is 0 Å². The molecule has 1 atom stereocenters. The van der Waals surface area contributed by atoms with Gasteiger partial charge < -0.3 is 4.74 Å². The Balaban J connectivity index is 2.73. The Bertz CT molecular complexity index is 386. The number of carbonyl (C=O) groups excluding carboxylic acids is 1. The van der Waals surface area contributed by atoms with Crippen LogP contribution in [0.2, 0.25) is 0 Å². The van der Waals surface area contributed by atoms with Crippen molar-refractivity contribution >= 4 is 5.78 Å². The second kappa shape index (κ2) is 7.95. The molecule has 19 heavy (non-hydrogen) atoms. The average Bonchev–Trinajstić information content (AvgIpc) is 2.47. The van der Waals surface area contributed by atoms with Crippen molar-refractivity contribution in [1.29, 1.82) is 0 Å². The van der Waals surface area contributed by atoms with E-state index in [0.29, 0.717) is 0 Å². The third-order valence-electron chi connectivity index (χ3n) is 3.51. The van der Waals surface area contributed by atoms with Crippen LogP contribution in [0.25, 0.3) is 0 Å². The van der Waals surface area contributed by atoms with Crippen LogP contribution in [0.1, 0.15) is 44.0 Å². The molecule has 0 N–H and O–H groups in total. The van der Waals surface area contributed by atoms with E-state index in [1.807, 2.05) is 31.2 Å². The van der Waals surface area contributed by atoms with Crippen LogP contribution in [-0.4, -0.2) is 36.9 Å². The maximum atomic E-state index is 12.4. The smallest absolute Gasteiger partial charge is 0.179 e. The first-order chi connectivity index (χ1) is 9.13. The Labute approximate surface area is 116 Å². The maximum Gasteiger partial charge on any atom is 0.179 e. The molecule has 0 spiro atoms. The Morgan fingerprint density at radius 3 is 2.37 bits per heavy atom. The first-order valence-electron chi connectivity index (χ1n) is 7.06. The highest BCUT2D eigenvalue weighted by atomic mass is 16.5. The lowest BCUT2D eigenvalue weighted by Gasteiger charge is -2.26. The molecule has 0 fully saturated rings. The molecule has 0 saturated heterocycles. The van der Waals surface area contributed by atoms with E-state index in [1.165, 1.54) is 0 Å². The molecule has 1 unspecified atom stereocenters. The number of Topliss-reactive ketones (excluding diaryl/α,β-unsaturated/α-hetero) is 1. The minimum absolute atomic E-state index is 0.0649. The zero-order valence-corrected chi connectivity index (χ0v) is 12.5. The van der Waals surface area contributed by atoms with Crippen LogP contribution in [0.5, 0.6) is 5.75 Å². The number of unbranched alkanes of at least 4 members (excludes halogenated alkanes) is 1. The normalized spacial score (nSPS) is 12.5. The van der Waals surface area contributed by atoms with Crippen molar-refractivity contribution in [3.05, 3.63) is 29.8 Å². The standard InChI is InChI=1S/C16H25NO2/c1-5-7-12-17(6-2)13(3)16(18)14-8-10-15(19-4)11-9-14/h8-11,13H,5-7,12H2,1-4H3. The molecule has 1 aromatic rings. The molecule has 0 aliphatic rings. The molecule has 0 amide bonds. The van der Waals surface area contributed by atoms with Crippen LogP contribution < -0.4 is 4.74 Å². The van der Waals surface area contributed by atoms with Gasteiger partial charge in [-0.25, -0.2) is 0 Å². The van der Waals surface area contributed by atoms with Crippen molar-refractivity contribution in [2.75, 3.05) is 20.2 Å². The van der Waals surface area contributed by atoms with Gasteiger partial charge in [0.2, 0.25) is 0 Å². The molecule has 0 radical (unpaired) electrons. The molecule has 1 aromatic carbocycles. The molecule has 0 saturated carbocycles. The van der Waals surface area contributed by atoms with Crippen molar-refractivity contribution in [2.45, 2.75) is 39.7 Å². The molecule has 0 aliphatic carbocycles. The van der Waals surface area contributed by atoms with Gasteiger partial charge >= 0.3 is 0 Å². The van der Waals surface area contributed by atoms with Crippen LogP contribution in [0.3, 0.4) is 0 Å². The fraction of sp³-hybridized carbons (Fsp3) is 0.562. The van der Waals surface area contributed by atoms with Crippen LogP contribution in [0, 0.1) is 0 Å². The minimum atomic E-state index is -0.0649. The Hall–Kier alpha value is -1.35. The summed E-state index contributed by atoms with van der Waals surface area (Å²) in [5.74, 6) is 0.961. The zero-order chi connectivity index (χ0) is 14.3. The van der Waals surface area contributed by atoms with Crippen LogP contribution in [0.15, 0.2) is 24.3 Å². The summed E-state index contributed by atoms with van der Waals surface area (Å²) in [5, 5.41) is 0. The number of ether oxygens (including phenoxy) is 1. The van der Waals surface area contributed by atoms with Gasteiger partial charge in [-0.2, -0.15) is 0 Å². The highest BCUT2D eigenvalue weighted by molar-refractivity contribution is 5.99. The predicted molar refractivity (Wildman–Crippen MR) is 78.9 cm³/mol. The highest BCUT2D eigenvalue weighted by Crippen LogP contribution is 2.15. The molecule has 106 valence electrons. The Morgan fingerprint density at radius 1 is 1.26 bits per heavy atom. The topological polar surface area (TPSA) is 29.5 Å².